The fourth-order valence-electron chi connectivity index (χ4n) is 3.36. The van der Waals surface area contributed by atoms with Crippen LogP contribution < -0.4 is 0 Å². The van der Waals surface area contributed by atoms with Crippen molar-refractivity contribution in [2.75, 3.05) is 0 Å². The number of nitrogens with zero attached hydrogens (tertiary/aromatic N) is 3. The average molecular weight is 405 g/mol. The smallest absolute Gasteiger partial charge is 0.330 e. The van der Waals surface area contributed by atoms with Gasteiger partial charge in [-0.05, 0) is 30.2 Å². The molecule has 0 bridgehead atoms. The van der Waals surface area contributed by atoms with Gasteiger partial charge in [0.05, 0.1) is 11.1 Å². The Labute approximate surface area is 172 Å². The van der Waals surface area contributed by atoms with Gasteiger partial charge in [0, 0.05) is 5.56 Å². The summed E-state index contributed by atoms with van der Waals surface area (Å²) >= 11 is 0. The van der Waals surface area contributed by atoms with E-state index in [1.165, 1.54) is 0 Å². The van der Waals surface area contributed by atoms with E-state index in [2.05, 4.69) is 10.2 Å². The first-order valence-electron chi connectivity index (χ1n) is 9.48. The number of esters is 1. The Morgan fingerprint density at radius 3 is 2.17 bits per heavy atom. The number of amides is 2. The molecule has 1 aliphatic rings. The largest absolute Gasteiger partial charge is 0.454 e. The van der Waals surface area contributed by atoms with Crippen molar-refractivity contribution in [3.8, 4) is 11.5 Å². The molecule has 0 spiro atoms. The Hall–Kier alpha value is -3.81. The predicted molar refractivity (Wildman–Crippen MR) is 105 cm³/mol. The number of fused-ring (bicyclic) bond motifs is 1. The molecule has 8 heteroatoms. The van der Waals surface area contributed by atoms with Gasteiger partial charge in [-0.1, -0.05) is 44.2 Å². The van der Waals surface area contributed by atoms with Gasteiger partial charge in [0.15, 0.2) is 6.61 Å². The first-order chi connectivity index (χ1) is 14.5. The second kappa shape index (κ2) is 7.90. The van der Waals surface area contributed by atoms with Gasteiger partial charge in [-0.25, -0.2) is 4.79 Å². The standard InChI is InChI=1S/C22H19N3O5/c1-13(2)18(25-20(26)15-10-6-7-11-16(15)21(25)27)22(28)29-12-17-23-24-19(30-17)14-8-4-3-5-9-14/h3-11,13,18H,12H2,1-2H3/t18-/m0/s1. The van der Waals surface area contributed by atoms with Crippen molar-refractivity contribution in [1.29, 1.82) is 0 Å². The Morgan fingerprint density at radius 2 is 1.57 bits per heavy atom. The van der Waals surface area contributed by atoms with Gasteiger partial charge in [0.2, 0.25) is 5.89 Å². The fraction of sp³-hybridized carbons (Fsp3) is 0.227. The zero-order valence-electron chi connectivity index (χ0n) is 16.4. The summed E-state index contributed by atoms with van der Waals surface area (Å²) in [6, 6.07) is 14.6. The Balaban J connectivity index is 1.49. The van der Waals surface area contributed by atoms with Crippen molar-refractivity contribution in [2.24, 2.45) is 5.92 Å². The highest BCUT2D eigenvalue weighted by Gasteiger charge is 2.44. The lowest BCUT2D eigenvalue weighted by atomic mass is 10.0. The first-order valence-corrected chi connectivity index (χ1v) is 9.48. The second-order valence-corrected chi connectivity index (χ2v) is 7.19. The van der Waals surface area contributed by atoms with Crippen LogP contribution >= 0.6 is 0 Å². The summed E-state index contributed by atoms with van der Waals surface area (Å²) in [5.41, 5.74) is 1.31. The lowest BCUT2D eigenvalue weighted by Gasteiger charge is -2.27. The summed E-state index contributed by atoms with van der Waals surface area (Å²) in [7, 11) is 0. The molecule has 2 amide bonds. The van der Waals surface area contributed by atoms with Gasteiger partial charge in [-0.2, -0.15) is 0 Å². The third-order valence-electron chi connectivity index (χ3n) is 4.80. The van der Waals surface area contributed by atoms with Crippen LogP contribution in [-0.2, 0) is 16.1 Å². The van der Waals surface area contributed by atoms with E-state index in [1.54, 1.807) is 38.1 Å². The molecule has 0 radical (unpaired) electrons. The van der Waals surface area contributed by atoms with Crippen LogP contribution in [0.2, 0.25) is 0 Å². The first kappa shape index (κ1) is 19.5. The maximum Gasteiger partial charge on any atom is 0.330 e. The number of ether oxygens (including phenoxy) is 1. The van der Waals surface area contributed by atoms with Crippen LogP contribution in [0.15, 0.2) is 59.0 Å². The van der Waals surface area contributed by atoms with Gasteiger partial charge in [-0.3, -0.25) is 14.5 Å². The number of carbonyl (C=O) groups is 3. The number of carbonyl (C=O) groups excluding carboxylic acids is 3. The number of aromatic nitrogens is 2. The summed E-state index contributed by atoms with van der Waals surface area (Å²) in [5.74, 6) is -1.64. The van der Waals surface area contributed by atoms with Crippen LogP contribution in [0.25, 0.3) is 11.5 Å². The Bertz CT molecular complexity index is 1070. The summed E-state index contributed by atoms with van der Waals surface area (Å²) in [6.45, 7) is 3.23. The monoisotopic (exact) mass is 405 g/mol. The minimum atomic E-state index is -1.06. The van der Waals surface area contributed by atoms with E-state index in [0.29, 0.717) is 5.89 Å². The number of hydrogen-bond acceptors (Lipinski definition) is 7. The van der Waals surface area contributed by atoms with Crippen LogP contribution in [0, 0.1) is 5.92 Å². The van der Waals surface area contributed by atoms with Crippen LogP contribution in [0.1, 0.15) is 40.5 Å². The molecule has 3 aromatic rings. The van der Waals surface area contributed by atoms with Crippen molar-refractivity contribution in [2.45, 2.75) is 26.5 Å². The van der Waals surface area contributed by atoms with E-state index in [1.807, 2.05) is 30.3 Å². The molecule has 30 heavy (non-hydrogen) atoms. The average Bonchev–Trinajstić information content (AvgIpc) is 3.32. The Kier molecular flexibility index (Phi) is 5.14. The van der Waals surface area contributed by atoms with Crippen molar-refractivity contribution < 1.29 is 23.5 Å². The molecule has 0 unspecified atom stereocenters. The molecule has 1 atom stereocenters. The summed E-state index contributed by atoms with van der Waals surface area (Å²) in [6.07, 6.45) is 0. The minimum absolute atomic E-state index is 0.118. The SMILES string of the molecule is CC(C)[C@@H](C(=O)OCc1nnc(-c2ccccc2)o1)N1C(=O)c2ccccc2C1=O. The van der Waals surface area contributed by atoms with E-state index in [4.69, 9.17) is 9.15 Å². The van der Waals surface area contributed by atoms with Crippen LogP contribution in [0.5, 0.6) is 0 Å². The van der Waals surface area contributed by atoms with Crippen molar-refractivity contribution in [1.82, 2.24) is 15.1 Å². The second-order valence-electron chi connectivity index (χ2n) is 7.19. The molecule has 4 rings (SSSR count). The predicted octanol–water partition coefficient (Wildman–Crippen LogP) is 3.10. The fourth-order valence-corrected chi connectivity index (χ4v) is 3.36. The molecule has 152 valence electrons. The lowest BCUT2D eigenvalue weighted by molar-refractivity contribution is -0.151. The quantitative estimate of drug-likeness (QED) is 0.459. The van der Waals surface area contributed by atoms with E-state index >= 15 is 0 Å². The topological polar surface area (TPSA) is 103 Å². The number of hydrogen-bond donors (Lipinski definition) is 0. The maximum atomic E-state index is 12.8. The van der Waals surface area contributed by atoms with E-state index in [0.717, 1.165) is 10.5 Å². The van der Waals surface area contributed by atoms with Gasteiger partial charge >= 0.3 is 5.97 Å². The maximum absolute atomic E-state index is 12.8. The molecule has 1 aliphatic heterocycles. The molecule has 0 aliphatic carbocycles. The van der Waals surface area contributed by atoms with Gasteiger partial charge in [-0.15, -0.1) is 10.2 Å². The van der Waals surface area contributed by atoms with Crippen molar-refractivity contribution >= 4 is 17.8 Å². The summed E-state index contributed by atoms with van der Waals surface area (Å²) in [4.78, 5) is 39.3. The molecule has 2 heterocycles. The number of rotatable bonds is 6. The molecule has 0 N–H and O–H groups in total. The highest BCUT2D eigenvalue weighted by molar-refractivity contribution is 6.22. The molecule has 0 saturated carbocycles. The lowest BCUT2D eigenvalue weighted by Crippen LogP contribution is -2.48. The van der Waals surface area contributed by atoms with Crippen LogP contribution in [0.4, 0.5) is 0 Å². The molecular formula is C22H19N3O5. The van der Waals surface area contributed by atoms with Crippen LogP contribution in [-0.4, -0.2) is 38.9 Å². The van der Waals surface area contributed by atoms with E-state index < -0.39 is 23.8 Å². The summed E-state index contributed by atoms with van der Waals surface area (Å²) < 4.78 is 10.9. The highest BCUT2D eigenvalue weighted by Crippen LogP contribution is 2.28. The zero-order chi connectivity index (χ0) is 21.3. The van der Waals surface area contributed by atoms with Gasteiger partial charge in [0.25, 0.3) is 17.7 Å². The Morgan fingerprint density at radius 1 is 0.967 bits per heavy atom. The van der Waals surface area contributed by atoms with Crippen molar-refractivity contribution in [3.63, 3.8) is 0 Å². The molecule has 1 aromatic heterocycles. The molecular weight excluding hydrogens is 386 g/mol. The van der Waals surface area contributed by atoms with Gasteiger partial charge < -0.3 is 9.15 Å². The minimum Gasteiger partial charge on any atom is -0.454 e. The van der Waals surface area contributed by atoms with Gasteiger partial charge in [0.1, 0.15) is 6.04 Å². The van der Waals surface area contributed by atoms with E-state index in [-0.39, 0.29) is 29.5 Å². The molecule has 2 aromatic carbocycles. The molecule has 0 saturated heterocycles. The normalized spacial score (nSPS) is 14.2. The third kappa shape index (κ3) is 3.47. The zero-order valence-corrected chi connectivity index (χ0v) is 16.4. The third-order valence-corrected chi connectivity index (χ3v) is 4.80. The number of imide groups is 1. The van der Waals surface area contributed by atoms with Crippen LogP contribution in [0.3, 0.4) is 0 Å². The van der Waals surface area contributed by atoms with Crippen molar-refractivity contribution in [3.05, 3.63) is 71.6 Å². The molecule has 0 fully saturated rings. The summed E-state index contributed by atoms with van der Waals surface area (Å²) in [5, 5.41) is 7.83. The van der Waals surface area contributed by atoms with E-state index in [9.17, 15) is 14.4 Å². The number of benzene rings is 2. The highest BCUT2D eigenvalue weighted by atomic mass is 16.5. The molecule has 8 nitrogen and oxygen atoms in total.